The molecule has 0 radical (unpaired) electrons. The van der Waals surface area contributed by atoms with Gasteiger partial charge in [-0.25, -0.2) is 4.79 Å². The number of nitrogens with two attached hydrogens (primary N) is 1. The molecule has 17 heavy (non-hydrogen) atoms. The van der Waals surface area contributed by atoms with Crippen molar-refractivity contribution in [3.05, 3.63) is 0 Å². The van der Waals surface area contributed by atoms with Crippen molar-refractivity contribution in [3.8, 4) is 0 Å². The lowest BCUT2D eigenvalue weighted by Gasteiger charge is -2.15. The first kappa shape index (κ1) is 13.3. The number of hydrogen-bond donors (Lipinski definition) is 4. The molecule has 1 aliphatic rings. The molecule has 0 aliphatic heterocycles. The molecule has 0 aromatic heterocycles. The Labute approximate surface area is 98.7 Å². The zero-order valence-corrected chi connectivity index (χ0v) is 9.44. The normalized spacial score (nSPS) is 23.1. The SMILES string of the molecule is NC(=O)NCCNC(=O)[C@@H]1CCC[C@@H]1C(=O)O. The van der Waals surface area contributed by atoms with E-state index in [0.717, 1.165) is 6.42 Å². The highest BCUT2D eigenvalue weighted by Gasteiger charge is 2.37. The number of primary amides is 1. The van der Waals surface area contributed by atoms with Crippen molar-refractivity contribution in [2.24, 2.45) is 17.6 Å². The van der Waals surface area contributed by atoms with E-state index in [1.54, 1.807) is 0 Å². The second-order valence-corrected chi connectivity index (χ2v) is 4.06. The van der Waals surface area contributed by atoms with Gasteiger partial charge in [-0.3, -0.25) is 9.59 Å². The van der Waals surface area contributed by atoms with Crippen LogP contribution in [-0.4, -0.2) is 36.1 Å². The average molecular weight is 243 g/mol. The van der Waals surface area contributed by atoms with Gasteiger partial charge in [0.05, 0.1) is 11.8 Å². The number of carbonyl (C=O) groups is 3. The van der Waals surface area contributed by atoms with E-state index in [1.807, 2.05) is 0 Å². The Morgan fingerprint density at radius 2 is 1.71 bits per heavy atom. The van der Waals surface area contributed by atoms with Crippen LogP contribution in [0.2, 0.25) is 0 Å². The van der Waals surface area contributed by atoms with Crippen LogP contribution in [0.4, 0.5) is 4.79 Å². The summed E-state index contributed by atoms with van der Waals surface area (Å²) in [6, 6.07) is -0.650. The Bertz CT molecular complexity index is 319. The fourth-order valence-electron chi connectivity index (χ4n) is 2.07. The lowest BCUT2D eigenvalue weighted by Crippen LogP contribution is -2.40. The molecule has 0 saturated heterocycles. The molecule has 7 heteroatoms. The largest absolute Gasteiger partial charge is 0.481 e. The third-order valence-corrected chi connectivity index (χ3v) is 2.89. The number of amides is 3. The Morgan fingerprint density at radius 1 is 1.12 bits per heavy atom. The standard InChI is InChI=1S/C10H17N3O4/c11-10(17)13-5-4-12-8(14)6-2-1-3-7(6)9(15)16/h6-7H,1-5H2,(H,12,14)(H,15,16)(H3,11,13,17)/t6-,7+/m1/s1. The molecule has 5 N–H and O–H groups in total. The first-order valence-corrected chi connectivity index (χ1v) is 5.56. The molecule has 7 nitrogen and oxygen atoms in total. The topological polar surface area (TPSA) is 122 Å². The van der Waals surface area contributed by atoms with Gasteiger partial charge in [0.25, 0.3) is 0 Å². The van der Waals surface area contributed by atoms with Gasteiger partial charge >= 0.3 is 12.0 Å². The third kappa shape index (κ3) is 3.93. The Balaban J connectivity index is 2.32. The fraction of sp³-hybridized carbons (Fsp3) is 0.700. The highest BCUT2D eigenvalue weighted by molar-refractivity contribution is 5.85. The summed E-state index contributed by atoms with van der Waals surface area (Å²) in [6.07, 6.45) is 1.91. The monoisotopic (exact) mass is 243 g/mol. The zero-order valence-electron chi connectivity index (χ0n) is 9.44. The van der Waals surface area contributed by atoms with Crippen molar-refractivity contribution in [2.75, 3.05) is 13.1 Å². The summed E-state index contributed by atoms with van der Waals surface area (Å²) in [5.41, 5.74) is 4.85. The van der Waals surface area contributed by atoms with E-state index >= 15 is 0 Å². The number of rotatable bonds is 5. The number of nitrogens with one attached hydrogen (secondary N) is 2. The van der Waals surface area contributed by atoms with Crippen LogP contribution >= 0.6 is 0 Å². The second kappa shape index (κ2) is 6.07. The Morgan fingerprint density at radius 3 is 2.29 bits per heavy atom. The number of aliphatic carboxylic acids is 1. The number of urea groups is 1. The van der Waals surface area contributed by atoms with Gasteiger partial charge in [0, 0.05) is 13.1 Å². The van der Waals surface area contributed by atoms with E-state index in [4.69, 9.17) is 10.8 Å². The minimum Gasteiger partial charge on any atom is -0.481 e. The van der Waals surface area contributed by atoms with Crippen molar-refractivity contribution in [1.82, 2.24) is 10.6 Å². The molecule has 0 unspecified atom stereocenters. The van der Waals surface area contributed by atoms with Crippen LogP contribution in [0.15, 0.2) is 0 Å². The summed E-state index contributed by atoms with van der Waals surface area (Å²) in [4.78, 5) is 32.9. The smallest absolute Gasteiger partial charge is 0.312 e. The van der Waals surface area contributed by atoms with E-state index in [9.17, 15) is 14.4 Å². The van der Waals surface area contributed by atoms with E-state index in [0.29, 0.717) is 12.8 Å². The van der Waals surface area contributed by atoms with Crippen molar-refractivity contribution in [1.29, 1.82) is 0 Å². The van der Waals surface area contributed by atoms with E-state index in [-0.39, 0.29) is 19.0 Å². The molecule has 0 bridgehead atoms. The number of carbonyl (C=O) groups excluding carboxylic acids is 2. The molecule has 1 rings (SSSR count). The summed E-state index contributed by atoms with van der Waals surface area (Å²) in [7, 11) is 0. The molecule has 0 heterocycles. The maximum absolute atomic E-state index is 11.7. The third-order valence-electron chi connectivity index (χ3n) is 2.89. The molecule has 2 atom stereocenters. The van der Waals surface area contributed by atoms with Crippen LogP contribution < -0.4 is 16.4 Å². The molecule has 1 saturated carbocycles. The number of carboxylic acid groups (broad SMARTS) is 1. The molecule has 0 spiro atoms. The van der Waals surface area contributed by atoms with Gasteiger partial charge in [0.15, 0.2) is 0 Å². The summed E-state index contributed by atoms with van der Waals surface area (Å²) < 4.78 is 0. The highest BCUT2D eigenvalue weighted by Crippen LogP contribution is 2.31. The van der Waals surface area contributed by atoms with Gasteiger partial charge in [-0.2, -0.15) is 0 Å². The summed E-state index contributed by atoms with van der Waals surface area (Å²) >= 11 is 0. The predicted octanol–water partition coefficient (Wildman–Crippen LogP) is -0.728. The molecule has 0 aromatic rings. The van der Waals surface area contributed by atoms with Crippen LogP contribution in [0.3, 0.4) is 0 Å². The molecule has 0 aromatic carbocycles. The van der Waals surface area contributed by atoms with Crippen LogP contribution in [0.25, 0.3) is 0 Å². The summed E-state index contributed by atoms with van der Waals surface area (Å²) in [5, 5.41) is 13.8. The zero-order chi connectivity index (χ0) is 12.8. The van der Waals surface area contributed by atoms with Gasteiger partial charge in [0.1, 0.15) is 0 Å². The molecular formula is C10H17N3O4. The molecule has 1 fully saturated rings. The van der Waals surface area contributed by atoms with Crippen molar-refractivity contribution < 1.29 is 19.5 Å². The first-order chi connectivity index (χ1) is 8.02. The minimum absolute atomic E-state index is 0.242. The van der Waals surface area contributed by atoms with Crippen molar-refractivity contribution in [2.45, 2.75) is 19.3 Å². The predicted molar refractivity (Wildman–Crippen MR) is 59.1 cm³/mol. The van der Waals surface area contributed by atoms with Crippen LogP contribution in [0.1, 0.15) is 19.3 Å². The number of hydrogen-bond acceptors (Lipinski definition) is 3. The maximum atomic E-state index is 11.7. The summed E-state index contributed by atoms with van der Waals surface area (Å²) in [6.45, 7) is 0.496. The van der Waals surface area contributed by atoms with E-state index in [2.05, 4.69) is 10.6 Å². The molecule has 3 amide bonds. The highest BCUT2D eigenvalue weighted by atomic mass is 16.4. The lowest BCUT2D eigenvalue weighted by molar-refractivity contribution is -0.146. The van der Waals surface area contributed by atoms with Crippen LogP contribution in [0.5, 0.6) is 0 Å². The van der Waals surface area contributed by atoms with Gasteiger partial charge in [-0.15, -0.1) is 0 Å². The Hall–Kier alpha value is -1.79. The minimum atomic E-state index is -0.919. The molecule has 1 aliphatic carbocycles. The maximum Gasteiger partial charge on any atom is 0.312 e. The van der Waals surface area contributed by atoms with Crippen molar-refractivity contribution >= 4 is 17.9 Å². The first-order valence-electron chi connectivity index (χ1n) is 5.56. The van der Waals surface area contributed by atoms with Gasteiger partial charge in [-0.1, -0.05) is 6.42 Å². The van der Waals surface area contributed by atoms with Crippen LogP contribution in [0, 0.1) is 11.8 Å². The number of carboxylic acids is 1. The summed E-state index contributed by atoms with van der Waals surface area (Å²) in [5.74, 6) is -2.22. The lowest BCUT2D eigenvalue weighted by atomic mass is 9.95. The molecular weight excluding hydrogens is 226 g/mol. The Kier molecular flexibility index (Phi) is 4.74. The van der Waals surface area contributed by atoms with Gasteiger partial charge in [0.2, 0.25) is 5.91 Å². The van der Waals surface area contributed by atoms with Gasteiger partial charge in [-0.05, 0) is 12.8 Å². The quantitative estimate of drug-likeness (QED) is 0.475. The van der Waals surface area contributed by atoms with Gasteiger partial charge < -0.3 is 21.5 Å². The van der Waals surface area contributed by atoms with E-state index in [1.165, 1.54) is 0 Å². The van der Waals surface area contributed by atoms with E-state index < -0.39 is 23.8 Å². The van der Waals surface area contributed by atoms with Crippen molar-refractivity contribution in [3.63, 3.8) is 0 Å². The average Bonchev–Trinajstić information content (AvgIpc) is 2.72. The fourth-order valence-corrected chi connectivity index (χ4v) is 2.07. The molecule has 96 valence electrons. The van der Waals surface area contributed by atoms with Crippen LogP contribution in [-0.2, 0) is 9.59 Å². The second-order valence-electron chi connectivity index (χ2n) is 4.06.